The lowest BCUT2D eigenvalue weighted by Gasteiger charge is -2.40. The molecule has 0 aliphatic heterocycles. The van der Waals surface area contributed by atoms with Gasteiger partial charge in [-0.15, -0.1) is 0 Å². The van der Waals surface area contributed by atoms with E-state index in [4.69, 9.17) is 5.26 Å². The Kier molecular flexibility index (Phi) is 4.09. The van der Waals surface area contributed by atoms with Crippen molar-refractivity contribution in [3.8, 4) is 6.07 Å². The molecule has 1 aromatic carbocycles. The van der Waals surface area contributed by atoms with E-state index in [2.05, 4.69) is 23.7 Å². The van der Waals surface area contributed by atoms with Crippen LogP contribution in [-0.2, 0) is 6.54 Å². The lowest BCUT2D eigenvalue weighted by Crippen LogP contribution is -2.43. The zero-order valence-electron chi connectivity index (χ0n) is 10.2. The van der Waals surface area contributed by atoms with Crippen LogP contribution < -0.4 is 5.32 Å². The summed E-state index contributed by atoms with van der Waals surface area (Å²) in [5.41, 5.74) is 1.94. The van der Waals surface area contributed by atoms with Crippen LogP contribution in [0.4, 0.5) is 0 Å². The number of rotatable bonds is 5. The summed E-state index contributed by atoms with van der Waals surface area (Å²) in [6, 6.07) is 10.00. The number of hydrogen-bond donors (Lipinski definition) is 1. The van der Waals surface area contributed by atoms with Gasteiger partial charge in [0.1, 0.15) is 0 Å². The SMILES string of the molecule is CSC1(CNCc2cccc(C#N)c2)CCC1. The molecule has 1 fully saturated rings. The molecule has 0 bridgehead atoms. The number of nitrogens with one attached hydrogen (secondary N) is 1. The zero-order chi connectivity index (χ0) is 12.1. The van der Waals surface area contributed by atoms with Crippen LogP contribution >= 0.6 is 11.8 Å². The van der Waals surface area contributed by atoms with Crippen LogP contribution in [-0.4, -0.2) is 17.5 Å². The van der Waals surface area contributed by atoms with Gasteiger partial charge in [-0.2, -0.15) is 17.0 Å². The fourth-order valence-electron chi connectivity index (χ4n) is 2.21. The lowest BCUT2D eigenvalue weighted by atomic mass is 9.84. The van der Waals surface area contributed by atoms with Gasteiger partial charge in [-0.1, -0.05) is 18.6 Å². The fraction of sp³-hybridized carbons (Fsp3) is 0.500. The van der Waals surface area contributed by atoms with Crippen LogP contribution in [0.15, 0.2) is 24.3 Å². The van der Waals surface area contributed by atoms with Crippen LogP contribution in [0.3, 0.4) is 0 Å². The number of hydrogen-bond acceptors (Lipinski definition) is 3. The van der Waals surface area contributed by atoms with Crippen LogP contribution in [0.1, 0.15) is 30.4 Å². The monoisotopic (exact) mass is 246 g/mol. The summed E-state index contributed by atoms with van der Waals surface area (Å²) in [6.45, 7) is 1.93. The summed E-state index contributed by atoms with van der Waals surface area (Å²) >= 11 is 1.99. The van der Waals surface area contributed by atoms with Gasteiger partial charge in [0, 0.05) is 17.8 Å². The third kappa shape index (κ3) is 3.02. The molecular formula is C14H18N2S. The second-order valence-electron chi connectivity index (χ2n) is 4.66. The van der Waals surface area contributed by atoms with E-state index in [1.165, 1.54) is 24.8 Å². The average molecular weight is 246 g/mol. The largest absolute Gasteiger partial charge is 0.311 e. The van der Waals surface area contributed by atoms with Crippen molar-refractivity contribution in [1.29, 1.82) is 5.26 Å². The van der Waals surface area contributed by atoms with Gasteiger partial charge in [-0.25, -0.2) is 0 Å². The highest BCUT2D eigenvalue weighted by Gasteiger charge is 2.35. The minimum absolute atomic E-state index is 0.479. The Morgan fingerprint density at radius 1 is 1.47 bits per heavy atom. The summed E-state index contributed by atoms with van der Waals surface area (Å²) in [7, 11) is 0. The average Bonchev–Trinajstić information content (AvgIpc) is 2.33. The maximum atomic E-state index is 8.83. The molecule has 1 aliphatic carbocycles. The van der Waals surface area contributed by atoms with Crippen LogP contribution in [0.25, 0.3) is 0 Å². The molecule has 1 aliphatic rings. The molecule has 0 amide bonds. The predicted molar refractivity (Wildman–Crippen MR) is 73.0 cm³/mol. The first kappa shape index (κ1) is 12.5. The molecule has 0 atom stereocenters. The highest BCUT2D eigenvalue weighted by atomic mass is 32.2. The van der Waals surface area contributed by atoms with Gasteiger partial charge in [0.25, 0.3) is 0 Å². The van der Waals surface area contributed by atoms with Crippen LogP contribution in [0, 0.1) is 11.3 Å². The van der Waals surface area contributed by atoms with Crippen molar-refractivity contribution in [2.75, 3.05) is 12.8 Å². The van der Waals surface area contributed by atoms with Crippen molar-refractivity contribution < 1.29 is 0 Å². The van der Waals surface area contributed by atoms with E-state index < -0.39 is 0 Å². The molecule has 0 radical (unpaired) electrons. The molecule has 17 heavy (non-hydrogen) atoms. The van der Waals surface area contributed by atoms with Gasteiger partial charge in [0.05, 0.1) is 11.6 Å². The second-order valence-corrected chi connectivity index (χ2v) is 5.93. The standard InChI is InChI=1S/C14H18N2S/c1-17-14(6-3-7-14)11-16-10-13-5-2-4-12(8-13)9-15/h2,4-5,8,16H,3,6-7,10-11H2,1H3. The first-order valence-electron chi connectivity index (χ1n) is 6.03. The van der Waals surface area contributed by atoms with E-state index in [1.54, 1.807) is 0 Å². The molecule has 1 aromatic rings. The van der Waals surface area contributed by atoms with Crippen molar-refractivity contribution in [1.82, 2.24) is 5.32 Å². The van der Waals surface area contributed by atoms with E-state index in [0.29, 0.717) is 4.75 Å². The molecule has 2 nitrogen and oxygen atoms in total. The Balaban J connectivity index is 1.83. The van der Waals surface area contributed by atoms with Gasteiger partial charge in [-0.05, 0) is 36.8 Å². The molecule has 0 aromatic heterocycles. The van der Waals surface area contributed by atoms with Gasteiger partial charge >= 0.3 is 0 Å². The Morgan fingerprint density at radius 2 is 2.29 bits per heavy atom. The van der Waals surface area contributed by atoms with Crippen LogP contribution in [0.5, 0.6) is 0 Å². The van der Waals surface area contributed by atoms with Crippen molar-refractivity contribution in [2.24, 2.45) is 0 Å². The molecular weight excluding hydrogens is 228 g/mol. The third-order valence-corrected chi connectivity index (χ3v) is 4.95. The van der Waals surface area contributed by atoms with E-state index in [1.807, 2.05) is 30.0 Å². The van der Waals surface area contributed by atoms with E-state index >= 15 is 0 Å². The molecule has 0 heterocycles. The normalized spacial score (nSPS) is 17.2. The Labute approximate surface area is 107 Å². The number of benzene rings is 1. The van der Waals surface area contributed by atoms with Gasteiger partial charge in [0.2, 0.25) is 0 Å². The zero-order valence-corrected chi connectivity index (χ0v) is 11.0. The number of nitrogens with zero attached hydrogens (tertiary/aromatic N) is 1. The van der Waals surface area contributed by atoms with Crippen molar-refractivity contribution in [3.05, 3.63) is 35.4 Å². The predicted octanol–water partition coefficient (Wildman–Crippen LogP) is 2.93. The summed E-state index contributed by atoms with van der Waals surface area (Å²) in [5, 5.41) is 12.3. The first-order chi connectivity index (χ1) is 8.28. The first-order valence-corrected chi connectivity index (χ1v) is 7.25. The molecule has 0 saturated heterocycles. The Morgan fingerprint density at radius 3 is 2.88 bits per heavy atom. The molecule has 0 unspecified atom stereocenters. The summed E-state index contributed by atoms with van der Waals surface area (Å²) in [4.78, 5) is 0. The fourth-order valence-corrected chi connectivity index (χ4v) is 3.15. The topological polar surface area (TPSA) is 35.8 Å². The van der Waals surface area contributed by atoms with Gasteiger partial charge < -0.3 is 5.32 Å². The smallest absolute Gasteiger partial charge is 0.0991 e. The van der Waals surface area contributed by atoms with Crippen LogP contribution in [0.2, 0.25) is 0 Å². The molecule has 90 valence electrons. The molecule has 1 N–H and O–H groups in total. The van der Waals surface area contributed by atoms with Gasteiger partial charge in [-0.3, -0.25) is 0 Å². The minimum atomic E-state index is 0.479. The maximum Gasteiger partial charge on any atom is 0.0991 e. The molecule has 3 heteroatoms. The molecule has 1 saturated carbocycles. The number of thioether (sulfide) groups is 1. The molecule has 0 spiro atoms. The van der Waals surface area contributed by atoms with E-state index in [0.717, 1.165) is 18.7 Å². The highest BCUT2D eigenvalue weighted by Crippen LogP contribution is 2.42. The van der Waals surface area contributed by atoms with Gasteiger partial charge in [0.15, 0.2) is 0 Å². The minimum Gasteiger partial charge on any atom is -0.311 e. The summed E-state index contributed by atoms with van der Waals surface area (Å²) < 4.78 is 0.479. The Bertz CT molecular complexity index is 413. The molecule has 2 rings (SSSR count). The Hall–Kier alpha value is -0.980. The lowest BCUT2D eigenvalue weighted by molar-refractivity contribution is 0.345. The third-order valence-electron chi connectivity index (χ3n) is 3.53. The van der Waals surface area contributed by atoms with Crippen molar-refractivity contribution in [2.45, 2.75) is 30.6 Å². The summed E-state index contributed by atoms with van der Waals surface area (Å²) in [6.07, 6.45) is 6.24. The van der Waals surface area contributed by atoms with E-state index in [9.17, 15) is 0 Å². The quantitative estimate of drug-likeness (QED) is 0.867. The second kappa shape index (κ2) is 5.57. The van der Waals surface area contributed by atoms with Crippen molar-refractivity contribution >= 4 is 11.8 Å². The number of nitriles is 1. The highest BCUT2D eigenvalue weighted by molar-refractivity contribution is 8.00. The maximum absolute atomic E-state index is 8.83. The van der Waals surface area contributed by atoms with Crippen molar-refractivity contribution in [3.63, 3.8) is 0 Å². The summed E-state index contributed by atoms with van der Waals surface area (Å²) in [5.74, 6) is 0. The van der Waals surface area contributed by atoms with E-state index in [-0.39, 0.29) is 0 Å².